The number of nitrogens with zero attached hydrogens (tertiary/aromatic N) is 1. The maximum absolute atomic E-state index is 12.1. The largest absolute Gasteiger partial charge is 0.455 e. The van der Waals surface area contributed by atoms with E-state index in [1.165, 1.54) is 0 Å². The monoisotopic (exact) mass is 278 g/mol. The molecule has 1 N–H and O–H groups in total. The van der Waals surface area contributed by atoms with Gasteiger partial charge in [0.1, 0.15) is 5.60 Å². The van der Waals surface area contributed by atoms with Gasteiger partial charge in [-0.1, -0.05) is 0 Å². The first kappa shape index (κ1) is 13.9. The quantitative estimate of drug-likeness (QED) is 0.874. The normalized spacial score (nSPS) is 11.8. The molecule has 0 unspecified atom stereocenters. The minimum Gasteiger partial charge on any atom is -0.455 e. The third kappa shape index (κ3) is 3.29. The Morgan fingerprint density at radius 3 is 2.84 bits per heavy atom. The van der Waals surface area contributed by atoms with E-state index in [-0.39, 0.29) is 5.97 Å². The summed E-state index contributed by atoms with van der Waals surface area (Å²) in [6.07, 6.45) is 3.87. The van der Waals surface area contributed by atoms with Gasteiger partial charge in [0.2, 0.25) is 0 Å². The smallest absolute Gasteiger partial charge is 0.357 e. The second-order valence-electron chi connectivity index (χ2n) is 5.33. The van der Waals surface area contributed by atoms with Gasteiger partial charge in [0.15, 0.2) is 5.69 Å². The van der Waals surface area contributed by atoms with E-state index in [1.807, 2.05) is 39.3 Å². The van der Waals surface area contributed by atoms with Crippen LogP contribution in [0.4, 0.5) is 0 Å². The predicted molar refractivity (Wildman–Crippen MR) is 78.5 cm³/mol. The Morgan fingerprint density at radius 2 is 2.21 bits per heavy atom. The van der Waals surface area contributed by atoms with Crippen LogP contribution in [0.25, 0.3) is 10.9 Å². The van der Waals surface area contributed by atoms with Gasteiger partial charge in [-0.25, -0.2) is 9.78 Å². The molecule has 2 aromatic heterocycles. The average molecular weight is 278 g/mol. The Morgan fingerprint density at radius 1 is 1.47 bits per heavy atom. The first-order chi connectivity index (χ1) is 8.90. The highest BCUT2D eigenvalue weighted by molar-refractivity contribution is 7.97. The van der Waals surface area contributed by atoms with Gasteiger partial charge in [0.25, 0.3) is 0 Å². The summed E-state index contributed by atoms with van der Waals surface area (Å²) in [5.41, 5.74) is 1.67. The third-order valence-electron chi connectivity index (χ3n) is 2.52. The lowest BCUT2D eigenvalue weighted by Crippen LogP contribution is -2.24. The highest BCUT2D eigenvalue weighted by Crippen LogP contribution is 2.22. The first-order valence-corrected chi connectivity index (χ1v) is 7.49. The summed E-state index contributed by atoms with van der Waals surface area (Å²) in [5, 5.41) is 1.06. The number of esters is 1. The van der Waals surface area contributed by atoms with E-state index in [2.05, 4.69) is 9.97 Å². The molecule has 2 rings (SSSR count). The zero-order valence-electron chi connectivity index (χ0n) is 11.6. The molecule has 0 aliphatic heterocycles. The Kier molecular flexibility index (Phi) is 3.85. The van der Waals surface area contributed by atoms with Gasteiger partial charge in [-0.15, -0.1) is 0 Å². The Balaban J connectivity index is 2.41. The molecule has 0 fully saturated rings. The van der Waals surface area contributed by atoms with Crippen molar-refractivity contribution in [3.8, 4) is 0 Å². The van der Waals surface area contributed by atoms with Crippen LogP contribution in [-0.2, 0) is 10.5 Å². The molecule has 0 aliphatic carbocycles. The van der Waals surface area contributed by atoms with E-state index < -0.39 is 5.60 Å². The van der Waals surface area contributed by atoms with Crippen molar-refractivity contribution < 1.29 is 9.53 Å². The molecule has 0 aromatic carbocycles. The first-order valence-electron chi connectivity index (χ1n) is 6.10. The maximum atomic E-state index is 12.1. The van der Waals surface area contributed by atoms with Crippen molar-refractivity contribution >= 4 is 28.6 Å². The average Bonchev–Trinajstić information content (AvgIpc) is 2.75. The molecule has 0 amide bonds. The van der Waals surface area contributed by atoms with E-state index >= 15 is 0 Å². The number of aromatic nitrogens is 2. The summed E-state index contributed by atoms with van der Waals surface area (Å²) in [6, 6.07) is 3.72. The van der Waals surface area contributed by atoms with Gasteiger partial charge in [-0.05, 0) is 39.2 Å². The van der Waals surface area contributed by atoms with Crippen molar-refractivity contribution in [1.29, 1.82) is 0 Å². The second kappa shape index (κ2) is 5.25. The number of hydrogen-bond acceptors (Lipinski definition) is 4. The number of pyridine rings is 1. The van der Waals surface area contributed by atoms with E-state index in [4.69, 9.17) is 4.74 Å². The molecule has 0 radical (unpaired) electrons. The van der Waals surface area contributed by atoms with E-state index in [0.29, 0.717) is 5.69 Å². The summed E-state index contributed by atoms with van der Waals surface area (Å²) in [6.45, 7) is 5.54. The number of carbonyl (C=O) groups excluding carboxylic acids is 1. The minimum absolute atomic E-state index is 0.355. The van der Waals surface area contributed by atoms with Crippen molar-refractivity contribution in [3.05, 3.63) is 29.7 Å². The number of fused-ring (bicyclic) bond motifs is 1. The second-order valence-corrected chi connectivity index (χ2v) is 6.19. The lowest BCUT2D eigenvalue weighted by Gasteiger charge is -2.19. The molecule has 4 nitrogen and oxygen atoms in total. The molecule has 0 aliphatic rings. The molecular formula is C14H18N2O2S. The highest BCUT2D eigenvalue weighted by Gasteiger charge is 2.20. The van der Waals surface area contributed by atoms with Crippen molar-refractivity contribution in [3.63, 3.8) is 0 Å². The Hall–Kier alpha value is -1.49. The van der Waals surface area contributed by atoms with Crippen LogP contribution in [0, 0.1) is 0 Å². The predicted octanol–water partition coefficient (Wildman–Crippen LogP) is 3.38. The summed E-state index contributed by atoms with van der Waals surface area (Å²) in [7, 11) is 0. The van der Waals surface area contributed by atoms with Crippen LogP contribution in [-0.4, -0.2) is 27.8 Å². The molecule has 0 bridgehead atoms. The number of H-pyrrole nitrogens is 1. The number of carbonyl (C=O) groups is 1. The maximum Gasteiger partial charge on any atom is 0.357 e. The Bertz CT molecular complexity index is 599. The molecule has 2 heterocycles. The molecular weight excluding hydrogens is 260 g/mol. The Labute approximate surface area is 116 Å². The molecule has 102 valence electrons. The lowest BCUT2D eigenvalue weighted by atomic mass is 10.2. The van der Waals surface area contributed by atoms with Crippen LogP contribution in [0.5, 0.6) is 0 Å². The summed E-state index contributed by atoms with van der Waals surface area (Å²) >= 11 is 1.68. The number of nitrogens with one attached hydrogen (secondary N) is 1. The minimum atomic E-state index is -0.511. The number of rotatable bonds is 3. The van der Waals surface area contributed by atoms with Gasteiger partial charge >= 0.3 is 5.97 Å². The lowest BCUT2D eigenvalue weighted by molar-refractivity contribution is 0.00628. The molecule has 5 heteroatoms. The van der Waals surface area contributed by atoms with Gasteiger partial charge in [-0.3, -0.25) is 0 Å². The highest BCUT2D eigenvalue weighted by atomic mass is 32.2. The zero-order chi connectivity index (χ0) is 14.0. The van der Waals surface area contributed by atoms with Crippen molar-refractivity contribution in [2.45, 2.75) is 32.1 Å². The number of thioether (sulfide) groups is 1. The van der Waals surface area contributed by atoms with Gasteiger partial charge in [0, 0.05) is 22.9 Å². The summed E-state index contributed by atoms with van der Waals surface area (Å²) < 4.78 is 5.36. The number of hydrogen-bond donors (Lipinski definition) is 1. The van der Waals surface area contributed by atoms with E-state index in [9.17, 15) is 4.79 Å². The topological polar surface area (TPSA) is 55.0 Å². The molecule has 2 aromatic rings. The van der Waals surface area contributed by atoms with Crippen LogP contribution in [0.2, 0.25) is 0 Å². The standard InChI is InChI=1S/C14H18N2O2S/c1-14(2,3)18-13(17)11-7-10-9(5-6-15-10)12(16-11)8-19-4/h5-7,15H,8H2,1-4H3. The van der Waals surface area contributed by atoms with E-state index in [0.717, 1.165) is 22.3 Å². The molecule has 0 spiro atoms. The summed E-state index contributed by atoms with van der Waals surface area (Å²) in [4.78, 5) is 19.6. The summed E-state index contributed by atoms with van der Waals surface area (Å²) in [5.74, 6) is 0.386. The number of ether oxygens (including phenoxy) is 1. The SMILES string of the molecule is CSCc1nc(C(=O)OC(C)(C)C)cc2[nH]ccc12. The molecule has 19 heavy (non-hydrogen) atoms. The van der Waals surface area contributed by atoms with Crippen molar-refractivity contribution in [1.82, 2.24) is 9.97 Å². The molecule has 0 saturated heterocycles. The fourth-order valence-electron chi connectivity index (χ4n) is 1.81. The van der Waals surface area contributed by atoms with Crippen LogP contribution in [0.3, 0.4) is 0 Å². The van der Waals surface area contributed by atoms with Crippen LogP contribution in [0.1, 0.15) is 37.0 Å². The van der Waals surface area contributed by atoms with Gasteiger partial charge < -0.3 is 9.72 Å². The third-order valence-corrected chi connectivity index (χ3v) is 3.08. The van der Waals surface area contributed by atoms with Crippen molar-refractivity contribution in [2.24, 2.45) is 0 Å². The fraction of sp³-hybridized carbons (Fsp3) is 0.429. The molecule has 0 saturated carbocycles. The number of aromatic amines is 1. The van der Waals surface area contributed by atoms with E-state index in [1.54, 1.807) is 17.8 Å². The zero-order valence-corrected chi connectivity index (χ0v) is 12.4. The molecule has 0 atom stereocenters. The van der Waals surface area contributed by atoms with Crippen LogP contribution in [0.15, 0.2) is 18.3 Å². The van der Waals surface area contributed by atoms with Gasteiger partial charge in [0.05, 0.1) is 5.69 Å². The van der Waals surface area contributed by atoms with Crippen LogP contribution >= 0.6 is 11.8 Å². The van der Waals surface area contributed by atoms with Gasteiger partial charge in [-0.2, -0.15) is 11.8 Å². The fourth-order valence-corrected chi connectivity index (χ4v) is 2.30. The van der Waals surface area contributed by atoms with Crippen molar-refractivity contribution in [2.75, 3.05) is 6.26 Å². The van der Waals surface area contributed by atoms with Crippen LogP contribution < -0.4 is 0 Å².